The van der Waals surface area contributed by atoms with Crippen LogP contribution in [0.15, 0.2) is 24.3 Å². The Balaban J connectivity index is 2.83. The second kappa shape index (κ2) is 6.53. The quantitative estimate of drug-likeness (QED) is 0.780. The standard InChI is InChI=1S/C12H18N2O4S/c1-14(2)9-10-5-3-4-6-11(10)13-19(17,18)8-7-12(15)16/h3-6,13H,7-9H2,1-2H3,(H,15,16). The van der Waals surface area contributed by atoms with Crippen LogP contribution in [0.25, 0.3) is 0 Å². The average Bonchev–Trinajstić information content (AvgIpc) is 2.28. The van der Waals surface area contributed by atoms with Gasteiger partial charge in [0.2, 0.25) is 10.0 Å². The number of anilines is 1. The minimum atomic E-state index is -3.64. The molecule has 0 aliphatic heterocycles. The van der Waals surface area contributed by atoms with E-state index in [2.05, 4.69) is 4.72 Å². The van der Waals surface area contributed by atoms with Gasteiger partial charge in [0.25, 0.3) is 0 Å². The monoisotopic (exact) mass is 286 g/mol. The third-order valence-electron chi connectivity index (χ3n) is 2.35. The summed E-state index contributed by atoms with van der Waals surface area (Å²) in [6.45, 7) is 0.595. The second-order valence-electron chi connectivity index (χ2n) is 4.46. The van der Waals surface area contributed by atoms with E-state index < -0.39 is 28.2 Å². The fraction of sp³-hybridized carbons (Fsp3) is 0.417. The summed E-state index contributed by atoms with van der Waals surface area (Å²) < 4.78 is 25.9. The Kier molecular flexibility index (Phi) is 5.31. The van der Waals surface area contributed by atoms with E-state index in [9.17, 15) is 13.2 Å². The molecule has 19 heavy (non-hydrogen) atoms. The highest BCUT2D eigenvalue weighted by molar-refractivity contribution is 7.92. The van der Waals surface area contributed by atoms with Crippen LogP contribution in [0.1, 0.15) is 12.0 Å². The predicted molar refractivity (Wildman–Crippen MR) is 73.5 cm³/mol. The van der Waals surface area contributed by atoms with Crippen molar-refractivity contribution in [3.05, 3.63) is 29.8 Å². The van der Waals surface area contributed by atoms with Crippen LogP contribution < -0.4 is 4.72 Å². The van der Waals surface area contributed by atoms with Crippen molar-refractivity contribution in [2.45, 2.75) is 13.0 Å². The van der Waals surface area contributed by atoms with E-state index in [0.29, 0.717) is 12.2 Å². The molecule has 0 aliphatic rings. The van der Waals surface area contributed by atoms with Gasteiger partial charge >= 0.3 is 5.97 Å². The summed E-state index contributed by atoms with van der Waals surface area (Å²) in [5, 5.41) is 8.52. The molecule has 0 amide bonds. The summed E-state index contributed by atoms with van der Waals surface area (Å²) in [5.74, 6) is -1.56. The molecule has 106 valence electrons. The van der Waals surface area contributed by atoms with Gasteiger partial charge in [-0.1, -0.05) is 18.2 Å². The van der Waals surface area contributed by atoms with Crippen molar-refractivity contribution in [3.8, 4) is 0 Å². The zero-order valence-electron chi connectivity index (χ0n) is 11.0. The van der Waals surface area contributed by atoms with Crippen molar-refractivity contribution in [2.75, 3.05) is 24.6 Å². The molecule has 0 atom stereocenters. The van der Waals surface area contributed by atoms with Crippen molar-refractivity contribution in [1.82, 2.24) is 4.90 Å². The molecule has 2 N–H and O–H groups in total. The van der Waals surface area contributed by atoms with Gasteiger partial charge in [-0.3, -0.25) is 9.52 Å². The zero-order valence-corrected chi connectivity index (χ0v) is 11.8. The van der Waals surface area contributed by atoms with Gasteiger partial charge in [-0.15, -0.1) is 0 Å². The lowest BCUT2D eigenvalue weighted by molar-refractivity contribution is -0.136. The van der Waals surface area contributed by atoms with E-state index in [0.717, 1.165) is 5.56 Å². The Morgan fingerprint density at radius 2 is 1.95 bits per heavy atom. The van der Waals surface area contributed by atoms with Crippen LogP contribution in [0.2, 0.25) is 0 Å². The molecule has 0 saturated heterocycles. The van der Waals surface area contributed by atoms with Crippen LogP contribution in [0.3, 0.4) is 0 Å². The smallest absolute Gasteiger partial charge is 0.304 e. The lowest BCUT2D eigenvalue weighted by atomic mass is 10.2. The Labute approximate surface area is 113 Å². The van der Waals surface area contributed by atoms with E-state index in [-0.39, 0.29) is 0 Å². The first-order valence-electron chi connectivity index (χ1n) is 5.75. The largest absolute Gasteiger partial charge is 0.481 e. The summed E-state index contributed by atoms with van der Waals surface area (Å²) in [5.41, 5.74) is 1.33. The fourth-order valence-electron chi connectivity index (χ4n) is 1.54. The highest BCUT2D eigenvalue weighted by atomic mass is 32.2. The van der Waals surface area contributed by atoms with E-state index in [4.69, 9.17) is 5.11 Å². The molecule has 0 bridgehead atoms. The summed E-state index contributed by atoms with van der Waals surface area (Å²) in [7, 11) is 0.132. The van der Waals surface area contributed by atoms with Crippen LogP contribution in [0.4, 0.5) is 5.69 Å². The average molecular weight is 286 g/mol. The molecule has 7 heteroatoms. The normalized spacial score (nSPS) is 11.5. The molecule has 0 aromatic heterocycles. The molecule has 0 aliphatic carbocycles. The van der Waals surface area contributed by atoms with Crippen molar-refractivity contribution in [3.63, 3.8) is 0 Å². The van der Waals surface area contributed by atoms with Gasteiger partial charge in [-0.05, 0) is 25.7 Å². The number of carboxylic acids is 1. The maximum absolute atomic E-state index is 11.8. The summed E-state index contributed by atoms with van der Waals surface area (Å²) in [4.78, 5) is 12.3. The molecule has 1 rings (SSSR count). The first kappa shape index (κ1) is 15.5. The number of aliphatic carboxylic acids is 1. The Hall–Kier alpha value is -1.60. The van der Waals surface area contributed by atoms with Crippen LogP contribution in [0, 0.1) is 0 Å². The summed E-state index contributed by atoms with van der Waals surface area (Å²) in [6.07, 6.45) is -0.412. The lowest BCUT2D eigenvalue weighted by Gasteiger charge is -2.15. The number of carboxylic acid groups (broad SMARTS) is 1. The maximum Gasteiger partial charge on any atom is 0.304 e. The number of nitrogens with zero attached hydrogens (tertiary/aromatic N) is 1. The van der Waals surface area contributed by atoms with E-state index >= 15 is 0 Å². The third-order valence-corrected chi connectivity index (χ3v) is 3.63. The summed E-state index contributed by atoms with van der Waals surface area (Å²) >= 11 is 0. The Morgan fingerprint density at radius 1 is 1.32 bits per heavy atom. The lowest BCUT2D eigenvalue weighted by Crippen LogP contribution is -2.20. The van der Waals surface area contributed by atoms with E-state index in [1.807, 2.05) is 31.1 Å². The first-order valence-corrected chi connectivity index (χ1v) is 7.40. The van der Waals surface area contributed by atoms with Gasteiger partial charge < -0.3 is 10.0 Å². The number of rotatable bonds is 7. The summed E-state index contributed by atoms with van der Waals surface area (Å²) in [6, 6.07) is 7.05. The minimum absolute atomic E-state index is 0.412. The third kappa shape index (κ3) is 5.71. The van der Waals surface area contributed by atoms with Crippen LogP contribution in [-0.2, 0) is 21.4 Å². The maximum atomic E-state index is 11.8. The molecule has 0 spiro atoms. The van der Waals surface area contributed by atoms with Crippen molar-refractivity contribution >= 4 is 21.7 Å². The second-order valence-corrected chi connectivity index (χ2v) is 6.30. The molecule has 0 unspecified atom stereocenters. The fourth-order valence-corrected chi connectivity index (χ4v) is 2.62. The number of sulfonamides is 1. The Bertz CT molecular complexity index is 540. The SMILES string of the molecule is CN(C)Cc1ccccc1NS(=O)(=O)CCC(=O)O. The highest BCUT2D eigenvalue weighted by Gasteiger charge is 2.14. The number of carbonyl (C=O) groups is 1. The van der Waals surface area contributed by atoms with E-state index in [1.54, 1.807) is 12.1 Å². The number of para-hydroxylation sites is 1. The molecular weight excluding hydrogens is 268 g/mol. The topological polar surface area (TPSA) is 86.7 Å². The number of hydrogen-bond acceptors (Lipinski definition) is 4. The number of hydrogen-bond donors (Lipinski definition) is 2. The first-order chi connectivity index (χ1) is 8.80. The van der Waals surface area contributed by atoms with Gasteiger partial charge in [0.05, 0.1) is 17.9 Å². The molecule has 0 heterocycles. The van der Waals surface area contributed by atoms with Crippen molar-refractivity contribution in [1.29, 1.82) is 0 Å². The molecule has 0 radical (unpaired) electrons. The zero-order chi connectivity index (χ0) is 14.5. The van der Waals surface area contributed by atoms with Gasteiger partial charge in [0.15, 0.2) is 0 Å². The van der Waals surface area contributed by atoms with Gasteiger partial charge in [-0.25, -0.2) is 8.42 Å². The van der Waals surface area contributed by atoms with Gasteiger partial charge in [0, 0.05) is 6.54 Å². The van der Waals surface area contributed by atoms with Crippen molar-refractivity contribution in [2.24, 2.45) is 0 Å². The number of nitrogens with one attached hydrogen (secondary N) is 1. The number of benzene rings is 1. The van der Waals surface area contributed by atoms with Crippen LogP contribution in [-0.4, -0.2) is 44.2 Å². The molecule has 0 saturated carbocycles. The van der Waals surface area contributed by atoms with Gasteiger partial charge in [0.1, 0.15) is 0 Å². The Morgan fingerprint density at radius 3 is 2.53 bits per heavy atom. The minimum Gasteiger partial charge on any atom is -0.481 e. The molecule has 0 fully saturated rings. The molecular formula is C12H18N2O4S. The van der Waals surface area contributed by atoms with Crippen LogP contribution >= 0.6 is 0 Å². The molecule has 6 nitrogen and oxygen atoms in total. The van der Waals surface area contributed by atoms with Crippen molar-refractivity contribution < 1.29 is 18.3 Å². The van der Waals surface area contributed by atoms with Crippen LogP contribution in [0.5, 0.6) is 0 Å². The molecule has 1 aromatic carbocycles. The van der Waals surface area contributed by atoms with Gasteiger partial charge in [-0.2, -0.15) is 0 Å². The van der Waals surface area contributed by atoms with E-state index in [1.165, 1.54) is 0 Å². The molecule has 1 aromatic rings. The predicted octanol–water partition coefficient (Wildman–Crippen LogP) is 0.965. The highest BCUT2D eigenvalue weighted by Crippen LogP contribution is 2.18.